The predicted molar refractivity (Wildman–Crippen MR) is 113 cm³/mol. The third-order valence-corrected chi connectivity index (χ3v) is 6.36. The highest BCUT2D eigenvalue weighted by molar-refractivity contribution is 8.00. The molecule has 2 bridgehead atoms. The lowest BCUT2D eigenvalue weighted by atomic mass is 10.00. The lowest BCUT2D eigenvalue weighted by molar-refractivity contribution is -0.0327. The van der Waals surface area contributed by atoms with E-state index in [1.807, 2.05) is 6.07 Å². The van der Waals surface area contributed by atoms with Crippen LogP contribution in [0.4, 0.5) is 23.8 Å². The Hall–Kier alpha value is -2.58. The zero-order valence-electron chi connectivity index (χ0n) is 16.8. The number of anilines is 1. The molecular weight excluding hydrogens is 429 g/mol. The molecule has 0 spiro atoms. The van der Waals surface area contributed by atoms with Crippen molar-refractivity contribution >= 4 is 29.1 Å². The molecule has 0 aromatic carbocycles. The Morgan fingerprint density at radius 2 is 2.13 bits per heavy atom. The number of urea groups is 1. The second-order valence-corrected chi connectivity index (χ2v) is 8.62. The van der Waals surface area contributed by atoms with Crippen LogP contribution in [0.25, 0.3) is 5.52 Å². The van der Waals surface area contributed by atoms with Gasteiger partial charge in [0.1, 0.15) is 11.5 Å². The summed E-state index contributed by atoms with van der Waals surface area (Å²) >= 11 is -0.227. The van der Waals surface area contributed by atoms with Crippen molar-refractivity contribution in [2.75, 3.05) is 18.9 Å². The van der Waals surface area contributed by atoms with Crippen molar-refractivity contribution in [2.45, 2.75) is 54.2 Å². The zero-order valence-corrected chi connectivity index (χ0v) is 17.7. The molecule has 2 aromatic heterocycles. The minimum absolute atomic E-state index is 0.00856. The number of aromatic nitrogens is 2. The van der Waals surface area contributed by atoms with E-state index in [-0.39, 0.29) is 34.9 Å². The number of amides is 2. The second kappa shape index (κ2) is 8.88. The van der Waals surface area contributed by atoms with Crippen molar-refractivity contribution in [2.24, 2.45) is 0 Å². The van der Waals surface area contributed by atoms with Crippen LogP contribution < -0.4 is 21.3 Å². The van der Waals surface area contributed by atoms with Gasteiger partial charge in [-0.1, -0.05) is 12.0 Å². The van der Waals surface area contributed by atoms with Crippen LogP contribution in [0, 0.1) is 11.8 Å². The van der Waals surface area contributed by atoms with Gasteiger partial charge in [-0.3, -0.25) is 0 Å². The average Bonchev–Trinajstić information content (AvgIpc) is 3.28. The van der Waals surface area contributed by atoms with Gasteiger partial charge < -0.3 is 21.3 Å². The van der Waals surface area contributed by atoms with Gasteiger partial charge in [0.25, 0.3) is 0 Å². The third-order valence-electron chi connectivity index (χ3n) is 5.52. The van der Waals surface area contributed by atoms with Gasteiger partial charge in [-0.2, -0.15) is 18.3 Å². The molecule has 11 heteroatoms. The maximum absolute atomic E-state index is 13.2. The SMILES string of the molecule is CNC(=O)NCC#Cc1nn2c(N[C@@H]3CC[C@@H]4CC[C@H]3N4)cccc2c1SC(F)(F)F. The molecule has 31 heavy (non-hydrogen) atoms. The third kappa shape index (κ3) is 5.02. The molecule has 2 aromatic rings. The molecule has 4 heterocycles. The molecule has 0 radical (unpaired) electrons. The number of rotatable bonds is 4. The van der Waals surface area contributed by atoms with E-state index in [1.54, 1.807) is 12.1 Å². The number of alkyl halides is 3. The van der Waals surface area contributed by atoms with Gasteiger partial charge in [0, 0.05) is 25.2 Å². The van der Waals surface area contributed by atoms with E-state index in [0.29, 0.717) is 23.4 Å². The summed E-state index contributed by atoms with van der Waals surface area (Å²) in [7, 11) is 1.46. The number of fused-ring (bicyclic) bond motifs is 3. The first-order valence-corrected chi connectivity index (χ1v) is 10.9. The number of hydrogen-bond donors (Lipinski definition) is 4. The topological polar surface area (TPSA) is 82.5 Å². The summed E-state index contributed by atoms with van der Waals surface area (Å²) in [5.41, 5.74) is -4.11. The molecule has 0 unspecified atom stereocenters. The molecule has 0 saturated carbocycles. The lowest BCUT2D eigenvalue weighted by Gasteiger charge is -2.31. The van der Waals surface area contributed by atoms with Crippen molar-refractivity contribution < 1.29 is 18.0 Å². The minimum atomic E-state index is -4.48. The van der Waals surface area contributed by atoms with Gasteiger partial charge >= 0.3 is 11.5 Å². The molecule has 2 aliphatic heterocycles. The molecule has 4 rings (SSSR count). The highest BCUT2D eigenvalue weighted by atomic mass is 32.2. The Kier molecular flexibility index (Phi) is 6.20. The van der Waals surface area contributed by atoms with E-state index < -0.39 is 11.5 Å². The normalized spacial score (nSPS) is 22.6. The van der Waals surface area contributed by atoms with Gasteiger partial charge in [-0.15, -0.1) is 0 Å². The minimum Gasteiger partial charge on any atom is -0.366 e. The van der Waals surface area contributed by atoms with Gasteiger partial charge in [-0.25, -0.2) is 9.31 Å². The molecule has 7 nitrogen and oxygen atoms in total. The van der Waals surface area contributed by atoms with Crippen LogP contribution in [0.1, 0.15) is 31.4 Å². The summed E-state index contributed by atoms with van der Waals surface area (Å²) in [4.78, 5) is 11.2. The van der Waals surface area contributed by atoms with Gasteiger partial charge in [-0.05, 0) is 55.5 Å². The molecular formula is C20H23F3N6OS. The van der Waals surface area contributed by atoms with Crippen LogP contribution in [0.3, 0.4) is 0 Å². The molecule has 166 valence electrons. The van der Waals surface area contributed by atoms with Crippen molar-refractivity contribution in [3.8, 4) is 11.8 Å². The standard InChI is InChI=1S/C20H23F3N6OS/c1-24-19(30)25-11-3-4-15-18(31-20(21,22)23)16-5-2-6-17(29(16)28-15)27-14-10-8-12-7-9-13(14)26-12/h2,5-6,12-14,26-27H,7-11H2,1H3,(H2,24,25,30)/t12-,13+,14+/m0/s1. The van der Waals surface area contributed by atoms with Crippen LogP contribution in [-0.2, 0) is 0 Å². The number of carbonyl (C=O) groups excluding carboxylic acids is 1. The van der Waals surface area contributed by atoms with E-state index >= 15 is 0 Å². The second-order valence-electron chi connectivity index (χ2n) is 7.54. The summed E-state index contributed by atoms with van der Waals surface area (Å²) in [5.74, 6) is 5.98. The van der Waals surface area contributed by atoms with Crippen LogP contribution in [0.5, 0.6) is 0 Å². The summed E-state index contributed by atoms with van der Waals surface area (Å²) in [6.45, 7) is -0.00856. The van der Waals surface area contributed by atoms with Crippen molar-refractivity contribution in [1.82, 2.24) is 25.6 Å². The van der Waals surface area contributed by atoms with Crippen molar-refractivity contribution in [3.05, 3.63) is 23.9 Å². The number of nitrogens with zero attached hydrogens (tertiary/aromatic N) is 2. The Bertz CT molecular complexity index is 1030. The molecule has 2 amide bonds. The Morgan fingerprint density at radius 3 is 2.90 bits per heavy atom. The molecule has 3 atom stereocenters. The van der Waals surface area contributed by atoms with Crippen molar-refractivity contribution in [1.29, 1.82) is 0 Å². The number of piperidine rings is 1. The van der Waals surface area contributed by atoms with E-state index in [1.165, 1.54) is 11.6 Å². The monoisotopic (exact) mass is 452 g/mol. The molecule has 2 saturated heterocycles. The highest BCUT2D eigenvalue weighted by Crippen LogP contribution is 2.41. The fourth-order valence-electron chi connectivity index (χ4n) is 4.14. The number of pyridine rings is 1. The van der Waals surface area contributed by atoms with Gasteiger partial charge in [0.05, 0.1) is 17.0 Å². The average molecular weight is 453 g/mol. The first-order chi connectivity index (χ1) is 14.8. The summed E-state index contributed by atoms with van der Waals surface area (Å²) in [6.07, 6.45) is 4.32. The van der Waals surface area contributed by atoms with Crippen LogP contribution >= 0.6 is 11.8 Å². The largest absolute Gasteiger partial charge is 0.446 e. The maximum atomic E-state index is 13.2. The van der Waals surface area contributed by atoms with Crippen molar-refractivity contribution in [3.63, 3.8) is 0 Å². The molecule has 4 N–H and O–H groups in total. The number of thioether (sulfide) groups is 1. The van der Waals surface area contributed by atoms with Crippen LogP contribution in [0.15, 0.2) is 23.1 Å². The van der Waals surface area contributed by atoms with E-state index in [4.69, 9.17) is 0 Å². The maximum Gasteiger partial charge on any atom is 0.446 e. The van der Waals surface area contributed by atoms with Gasteiger partial charge in [0.2, 0.25) is 0 Å². The summed E-state index contributed by atoms with van der Waals surface area (Å²) in [6, 6.07) is 5.83. The van der Waals surface area contributed by atoms with E-state index in [9.17, 15) is 18.0 Å². The summed E-state index contributed by atoms with van der Waals surface area (Å²) in [5, 5.41) is 16.3. The fraction of sp³-hybridized carbons (Fsp3) is 0.500. The number of nitrogens with one attached hydrogen (secondary N) is 4. The molecule has 2 fully saturated rings. The smallest absolute Gasteiger partial charge is 0.366 e. The molecule has 0 aliphatic carbocycles. The Balaban J connectivity index is 1.64. The van der Waals surface area contributed by atoms with E-state index in [0.717, 1.165) is 25.7 Å². The summed E-state index contributed by atoms with van der Waals surface area (Å²) < 4.78 is 41.2. The first kappa shape index (κ1) is 21.6. The van der Waals surface area contributed by atoms with Gasteiger partial charge in [0.15, 0.2) is 0 Å². The highest BCUT2D eigenvalue weighted by Gasteiger charge is 2.36. The predicted octanol–water partition coefficient (Wildman–Crippen LogP) is 2.92. The Morgan fingerprint density at radius 1 is 1.32 bits per heavy atom. The van der Waals surface area contributed by atoms with E-state index in [2.05, 4.69) is 38.2 Å². The quantitative estimate of drug-likeness (QED) is 0.424. The number of hydrogen-bond acceptors (Lipinski definition) is 5. The Labute approximate surface area is 181 Å². The van der Waals surface area contributed by atoms with Crippen LogP contribution in [0.2, 0.25) is 0 Å². The lowest BCUT2D eigenvalue weighted by Crippen LogP contribution is -2.47. The first-order valence-electron chi connectivity index (χ1n) is 10.1. The van der Waals surface area contributed by atoms with Crippen LogP contribution in [-0.4, -0.2) is 52.9 Å². The molecule has 2 aliphatic rings. The zero-order chi connectivity index (χ0) is 22.0. The number of carbonyl (C=O) groups is 1. The fourth-order valence-corrected chi connectivity index (χ4v) is 4.81. The number of halogens is 3.